The van der Waals surface area contributed by atoms with Crippen LogP contribution < -0.4 is 0 Å². The Morgan fingerprint density at radius 2 is 1.83 bits per heavy atom. The molecule has 3 heteroatoms. The molecule has 0 amide bonds. The monoisotopic (exact) mass is 186 g/mol. The zero-order valence-corrected chi connectivity index (χ0v) is 8.81. The van der Waals surface area contributed by atoms with Gasteiger partial charge in [-0.25, -0.2) is 9.97 Å². The van der Waals surface area contributed by atoms with Crippen LogP contribution in [0.2, 0.25) is 0 Å². The Balaban J connectivity index is 0.000000561. The summed E-state index contributed by atoms with van der Waals surface area (Å²) in [5, 5.41) is 0. The second kappa shape index (κ2) is 5.95. The van der Waals surface area contributed by atoms with Crippen molar-refractivity contribution in [2.75, 3.05) is 0 Å². The minimum absolute atomic E-state index is 0.463. The van der Waals surface area contributed by atoms with Gasteiger partial charge in [0.15, 0.2) is 0 Å². The maximum absolute atomic E-state index is 5.58. The average Bonchev–Trinajstić information content (AvgIpc) is 2.06. The van der Waals surface area contributed by atoms with E-state index in [2.05, 4.69) is 9.97 Å². The molecule has 0 bridgehead atoms. The van der Waals surface area contributed by atoms with Crippen molar-refractivity contribution in [1.29, 1.82) is 0 Å². The number of aryl methyl sites for hydroxylation is 2. The van der Waals surface area contributed by atoms with Gasteiger partial charge in [0.1, 0.15) is 5.82 Å². The Bertz CT molecular complexity index is 216. The predicted molar refractivity (Wildman–Crippen MR) is 52.4 cm³/mol. The molecule has 68 valence electrons. The van der Waals surface area contributed by atoms with Crippen LogP contribution in [0.3, 0.4) is 0 Å². The number of rotatable bonds is 1. The third kappa shape index (κ3) is 3.67. The van der Waals surface area contributed by atoms with Crippen molar-refractivity contribution < 1.29 is 0 Å². The second-order valence-electron chi connectivity index (χ2n) is 2.18. The smallest absolute Gasteiger partial charge is 0.125 e. The van der Waals surface area contributed by atoms with E-state index in [-0.39, 0.29) is 0 Å². The minimum Gasteiger partial charge on any atom is -0.239 e. The van der Waals surface area contributed by atoms with Gasteiger partial charge >= 0.3 is 0 Å². The Morgan fingerprint density at radius 3 is 2.25 bits per heavy atom. The number of hydrogen-bond acceptors (Lipinski definition) is 2. The molecule has 2 nitrogen and oxygen atoms in total. The molecule has 0 N–H and O–H groups in total. The fourth-order valence-corrected chi connectivity index (χ4v) is 0.999. The zero-order chi connectivity index (χ0) is 9.56. The van der Waals surface area contributed by atoms with E-state index < -0.39 is 0 Å². The van der Waals surface area contributed by atoms with Gasteiger partial charge in [0.2, 0.25) is 0 Å². The van der Waals surface area contributed by atoms with Crippen LogP contribution in [-0.4, -0.2) is 9.97 Å². The van der Waals surface area contributed by atoms with Gasteiger partial charge in [0, 0.05) is 5.69 Å². The maximum Gasteiger partial charge on any atom is 0.125 e. The molecule has 1 heterocycles. The van der Waals surface area contributed by atoms with Crippen molar-refractivity contribution in [2.24, 2.45) is 0 Å². The molecule has 0 saturated carbocycles. The normalized spacial score (nSPS) is 8.75. The highest BCUT2D eigenvalue weighted by Crippen LogP contribution is 2.02. The molecule has 0 fully saturated rings. The molecule has 1 aromatic heterocycles. The van der Waals surface area contributed by atoms with Gasteiger partial charge in [-0.15, -0.1) is 11.6 Å². The molecule has 0 radical (unpaired) electrons. The maximum atomic E-state index is 5.58. The molecule has 0 aliphatic heterocycles. The van der Waals surface area contributed by atoms with Crippen molar-refractivity contribution in [3.8, 4) is 0 Å². The van der Waals surface area contributed by atoms with Crippen LogP contribution in [0, 0.1) is 13.8 Å². The van der Waals surface area contributed by atoms with E-state index in [0.29, 0.717) is 5.88 Å². The minimum atomic E-state index is 0.463. The van der Waals surface area contributed by atoms with Crippen LogP contribution in [0.25, 0.3) is 0 Å². The summed E-state index contributed by atoms with van der Waals surface area (Å²) in [6, 6.07) is 1.89. The first-order chi connectivity index (χ1) is 5.72. The fraction of sp³-hybridized carbons (Fsp3) is 0.556. The summed E-state index contributed by atoms with van der Waals surface area (Å²) in [6.45, 7) is 7.80. The number of aromatic nitrogens is 2. The van der Waals surface area contributed by atoms with Gasteiger partial charge in [-0.2, -0.15) is 0 Å². The molecule has 1 aromatic rings. The zero-order valence-electron chi connectivity index (χ0n) is 8.06. The van der Waals surface area contributed by atoms with E-state index in [0.717, 1.165) is 17.2 Å². The lowest BCUT2D eigenvalue weighted by molar-refractivity contribution is 0.968. The number of hydrogen-bond donors (Lipinski definition) is 0. The summed E-state index contributed by atoms with van der Waals surface area (Å²) in [7, 11) is 0. The lowest BCUT2D eigenvalue weighted by atomic mass is 10.3. The van der Waals surface area contributed by atoms with Crippen LogP contribution in [0.15, 0.2) is 6.07 Å². The van der Waals surface area contributed by atoms with E-state index >= 15 is 0 Å². The quantitative estimate of drug-likeness (QED) is 0.631. The van der Waals surface area contributed by atoms with Crippen LogP contribution in [0.5, 0.6) is 0 Å². The largest absolute Gasteiger partial charge is 0.239 e. The van der Waals surface area contributed by atoms with Gasteiger partial charge in [-0.05, 0) is 19.9 Å². The number of nitrogens with zero attached hydrogens (tertiary/aromatic N) is 2. The van der Waals surface area contributed by atoms with Crippen molar-refractivity contribution in [3.05, 3.63) is 23.3 Å². The standard InChI is InChI=1S/C7H9ClN2.C2H6/c1-5-3-7(4-8)10-6(2)9-5;1-2/h3H,4H2,1-2H3;1-2H3. The van der Waals surface area contributed by atoms with Crippen molar-refractivity contribution in [3.63, 3.8) is 0 Å². The topological polar surface area (TPSA) is 25.8 Å². The molecular weight excluding hydrogens is 172 g/mol. The second-order valence-corrected chi connectivity index (χ2v) is 2.45. The first kappa shape index (κ1) is 11.4. The molecule has 0 aromatic carbocycles. The van der Waals surface area contributed by atoms with Gasteiger partial charge in [-0.3, -0.25) is 0 Å². The van der Waals surface area contributed by atoms with Crippen LogP contribution in [0.4, 0.5) is 0 Å². The van der Waals surface area contributed by atoms with Crippen LogP contribution in [-0.2, 0) is 5.88 Å². The van der Waals surface area contributed by atoms with Crippen molar-refractivity contribution in [2.45, 2.75) is 33.6 Å². The van der Waals surface area contributed by atoms with Gasteiger partial charge < -0.3 is 0 Å². The molecule has 0 spiro atoms. The lowest BCUT2D eigenvalue weighted by Gasteiger charge is -1.97. The molecule has 0 atom stereocenters. The van der Waals surface area contributed by atoms with E-state index in [4.69, 9.17) is 11.6 Å². The lowest BCUT2D eigenvalue weighted by Crippen LogP contribution is -1.94. The van der Waals surface area contributed by atoms with E-state index in [1.54, 1.807) is 0 Å². The Kier molecular flexibility index (Phi) is 5.64. The number of alkyl halides is 1. The molecule has 0 saturated heterocycles. The summed E-state index contributed by atoms with van der Waals surface area (Å²) < 4.78 is 0. The molecule has 0 aliphatic carbocycles. The molecule has 0 unspecified atom stereocenters. The van der Waals surface area contributed by atoms with Gasteiger partial charge in [0.25, 0.3) is 0 Å². The van der Waals surface area contributed by atoms with Crippen molar-refractivity contribution in [1.82, 2.24) is 9.97 Å². The summed E-state index contributed by atoms with van der Waals surface area (Å²) in [6.07, 6.45) is 0. The third-order valence-electron chi connectivity index (χ3n) is 1.16. The van der Waals surface area contributed by atoms with E-state index in [9.17, 15) is 0 Å². The number of halogens is 1. The van der Waals surface area contributed by atoms with Crippen molar-refractivity contribution >= 4 is 11.6 Å². The highest BCUT2D eigenvalue weighted by molar-refractivity contribution is 6.16. The Morgan fingerprint density at radius 1 is 1.25 bits per heavy atom. The summed E-state index contributed by atoms with van der Waals surface area (Å²) >= 11 is 5.58. The SMILES string of the molecule is CC.Cc1cc(CCl)nc(C)n1. The van der Waals surface area contributed by atoms with E-state index in [1.165, 1.54) is 0 Å². The summed E-state index contributed by atoms with van der Waals surface area (Å²) in [5.74, 6) is 1.25. The average molecular weight is 187 g/mol. The molecule has 1 rings (SSSR count). The fourth-order valence-electron chi connectivity index (χ4n) is 0.862. The molecule has 0 aliphatic rings. The van der Waals surface area contributed by atoms with Crippen LogP contribution >= 0.6 is 11.6 Å². The summed E-state index contributed by atoms with van der Waals surface area (Å²) in [5.41, 5.74) is 1.87. The van der Waals surface area contributed by atoms with Gasteiger partial charge in [-0.1, -0.05) is 13.8 Å². The first-order valence-corrected chi connectivity index (χ1v) is 4.63. The Labute approximate surface area is 79.0 Å². The highest BCUT2D eigenvalue weighted by Gasteiger charge is 1.95. The third-order valence-corrected chi connectivity index (χ3v) is 1.43. The predicted octanol–water partition coefficient (Wildman–Crippen LogP) is 2.86. The summed E-state index contributed by atoms with van der Waals surface area (Å²) in [4.78, 5) is 8.22. The molecular formula is C9H15ClN2. The van der Waals surface area contributed by atoms with Gasteiger partial charge in [0.05, 0.1) is 11.6 Å². The first-order valence-electron chi connectivity index (χ1n) is 4.09. The van der Waals surface area contributed by atoms with Crippen LogP contribution in [0.1, 0.15) is 31.1 Å². The van der Waals surface area contributed by atoms with E-state index in [1.807, 2.05) is 33.8 Å². The highest BCUT2D eigenvalue weighted by atomic mass is 35.5. The molecule has 12 heavy (non-hydrogen) atoms. The Hall–Kier alpha value is -0.630.